The summed E-state index contributed by atoms with van der Waals surface area (Å²) in [6, 6.07) is 0. The van der Waals surface area contributed by atoms with Crippen molar-refractivity contribution < 1.29 is 0 Å². The highest BCUT2D eigenvalue weighted by Crippen LogP contribution is 2.35. The Balaban J connectivity index is 0.00000121. The van der Waals surface area contributed by atoms with Crippen LogP contribution in [0.3, 0.4) is 0 Å². The van der Waals surface area contributed by atoms with Crippen molar-refractivity contribution in [3.8, 4) is 0 Å². The number of hydrogen-bond donors (Lipinski definition) is 0. The molecule has 0 amide bonds. The van der Waals surface area contributed by atoms with Gasteiger partial charge in [-0.3, -0.25) is 0 Å². The molecular weight excluding hydrogens is 208 g/mol. The summed E-state index contributed by atoms with van der Waals surface area (Å²) in [5, 5.41) is 0. The number of imidazole rings is 1. The first-order chi connectivity index (χ1) is 7.79. The molecule has 0 N–H and O–H groups in total. The standard InChI is InChI=1S/C13H24N2.C2H6/c1-12(2,3)10-13(4,5)6-8-15-9-7-14-11-15;1-2/h7,9,11H,6,8,10H2,1-5H3;1-2H3. The van der Waals surface area contributed by atoms with Gasteiger partial charge >= 0.3 is 0 Å². The summed E-state index contributed by atoms with van der Waals surface area (Å²) in [6.07, 6.45) is 8.24. The molecule has 0 aromatic carbocycles. The lowest BCUT2D eigenvalue weighted by molar-refractivity contribution is 0.191. The van der Waals surface area contributed by atoms with Crippen LogP contribution in [0.2, 0.25) is 0 Å². The molecule has 1 aromatic heterocycles. The molecule has 1 heterocycles. The SMILES string of the molecule is CC.CC(C)(C)CC(C)(C)CCn1ccnc1. The molecule has 1 aromatic rings. The van der Waals surface area contributed by atoms with Gasteiger partial charge in [0.15, 0.2) is 0 Å². The maximum atomic E-state index is 4.06. The van der Waals surface area contributed by atoms with Gasteiger partial charge in [-0.15, -0.1) is 0 Å². The van der Waals surface area contributed by atoms with Crippen molar-refractivity contribution in [1.29, 1.82) is 0 Å². The molecule has 100 valence electrons. The van der Waals surface area contributed by atoms with E-state index in [0.717, 1.165) is 6.54 Å². The smallest absolute Gasteiger partial charge is 0.0945 e. The molecule has 0 aliphatic heterocycles. The third-order valence-corrected chi connectivity index (χ3v) is 2.61. The Kier molecular flexibility index (Phi) is 6.51. The first-order valence-electron chi connectivity index (χ1n) is 6.74. The third kappa shape index (κ3) is 8.00. The summed E-state index contributed by atoms with van der Waals surface area (Å²) in [6.45, 7) is 16.7. The Morgan fingerprint density at radius 1 is 1.06 bits per heavy atom. The van der Waals surface area contributed by atoms with Gasteiger partial charge in [-0.05, 0) is 23.7 Å². The molecule has 2 heteroatoms. The second-order valence-electron chi connectivity index (χ2n) is 6.45. The van der Waals surface area contributed by atoms with E-state index in [1.807, 2.05) is 32.6 Å². The first kappa shape index (κ1) is 16.2. The molecule has 0 aliphatic carbocycles. The van der Waals surface area contributed by atoms with Crippen LogP contribution in [0.15, 0.2) is 18.7 Å². The van der Waals surface area contributed by atoms with E-state index in [1.54, 1.807) is 0 Å². The minimum Gasteiger partial charge on any atom is -0.337 e. The molecule has 0 aliphatic rings. The number of nitrogens with zero attached hydrogens (tertiary/aromatic N) is 2. The number of rotatable bonds is 4. The van der Waals surface area contributed by atoms with Crippen LogP contribution in [-0.4, -0.2) is 9.55 Å². The van der Waals surface area contributed by atoms with Crippen LogP contribution >= 0.6 is 0 Å². The number of hydrogen-bond acceptors (Lipinski definition) is 1. The average Bonchev–Trinajstić information content (AvgIpc) is 2.67. The molecule has 0 fully saturated rings. The molecule has 0 saturated heterocycles. The van der Waals surface area contributed by atoms with Crippen molar-refractivity contribution in [3.05, 3.63) is 18.7 Å². The lowest BCUT2D eigenvalue weighted by Crippen LogP contribution is -2.22. The molecule has 17 heavy (non-hydrogen) atoms. The highest BCUT2D eigenvalue weighted by Gasteiger charge is 2.24. The zero-order valence-electron chi connectivity index (χ0n) is 12.7. The lowest BCUT2D eigenvalue weighted by Gasteiger charge is -2.32. The summed E-state index contributed by atoms with van der Waals surface area (Å²) in [5.41, 5.74) is 0.820. The molecular formula is C15H30N2. The lowest BCUT2D eigenvalue weighted by atomic mass is 9.74. The van der Waals surface area contributed by atoms with Crippen LogP contribution in [0.1, 0.15) is 61.3 Å². The predicted molar refractivity (Wildman–Crippen MR) is 76.0 cm³/mol. The predicted octanol–water partition coefficient (Wildman–Crippen LogP) is 4.76. The second kappa shape index (κ2) is 6.83. The van der Waals surface area contributed by atoms with Gasteiger partial charge in [-0.1, -0.05) is 48.5 Å². The fourth-order valence-corrected chi connectivity index (χ4v) is 2.37. The Labute approximate surface area is 107 Å². The summed E-state index contributed by atoms with van der Waals surface area (Å²) >= 11 is 0. The van der Waals surface area contributed by atoms with Crippen LogP contribution in [0, 0.1) is 10.8 Å². The molecule has 2 nitrogen and oxygen atoms in total. The van der Waals surface area contributed by atoms with Crippen LogP contribution in [-0.2, 0) is 6.54 Å². The Bertz CT molecular complexity index is 278. The molecule has 0 atom stereocenters. The van der Waals surface area contributed by atoms with E-state index in [-0.39, 0.29) is 0 Å². The second-order valence-corrected chi connectivity index (χ2v) is 6.45. The molecule has 1 rings (SSSR count). The van der Waals surface area contributed by atoms with Crippen molar-refractivity contribution in [2.24, 2.45) is 10.8 Å². The van der Waals surface area contributed by atoms with Gasteiger partial charge < -0.3 is 4.57 Å². The Morgan fingerprint density at radius 2 is 1.65 bits per heavy atom. The van der Waals surface area contributed by atoms with Crippen molar-refractivity contribution in [2.75, 3.05) is 0 Å². The van der Waals surface area contributed by atoms with Crippen molar-refractivity contribution in [3.63, 3.8) is 0 Å². The highest BCUT2D eigenvalue weighted by molar-refractivity contribution is 4.79. The van der Waals surface area contributed by atoms with Crippen LogP contribution < -0.4 is 0 Å². The molecule has 0 bridgehead atoms. The van der Waals surface area contributed by atoms with Gasteiger partial charge in [0.05, 0.1) is 6.33 Å². The topological polar surface area (TPSA) is 17.8 Å². The van der Waals surface area contributed by atoms with Gasteiger partial charge in [0.25, 0.3) is 0 Å². The maximum Gasteiger partial charge on any atom is 0.0945 e. The van der Waals surface area contributed by atoms with Gasteiger partial charge in [-0.2, -0.15) is 0 Å². The average molecular weight is 238 g/mol. The molecule has 0 saturated carbocycles. The monoisotopic (exact) mass is 238 g/mol. The van der Waals surface area contributed by atoms with Gasteiger partial charge in [-0.25, -0.2) is 4.98 Å². The van der Waals surface area contributed by atoms with E-state index in [4.69, 9.17) is 0 Å². The first-order valence-corrected chi connectivity index (χ1v) is 6.74. The largest absolute Gasteiger partial charge is 0.337 e. The van der Waals surface area contributed by atoms with E-state index >= 15 is 0 Å². The summed E-state index contributed by atoms with van der Waals surface area (Å²) in [5.74, 6) is 0. The van der Waals surface area contributed by atoms with E-state index in [0.29, 0.717) is 10.8 Å². The van der Waals surface area contributed by atoms with Crippen molar-refractivity contribution in [1.82, 2.24) is 9.55 Å². The minimum absolute atomic E-state index is 0.405. The third-order valence-electron chi connectivity index (χ3n) is 2.61. The minimum atomic E-state index is 0.405. The molecule has 0 unspecified atom stereocenters. The van der Waals surface area contributed by atoms with Gasteiger partial charge in [0.1, 0.15) is 0 Å². The van der Waals surface area contributed by atoms with Crippen molar-refractivity contribution >= 4 is 0 Å². The number of aryl methyl sites for hydroxylation is 1. The van der Waals surface area contributed by atoms with Crippen LogP contribution in [0.4, 0.5) is 0 Å². The quantitative estimate of drug-likeness (QED) is 0.739. The number of aromatic nitrogens is 2. The van der Waals surface area contributed by atoms with Crippen LogP contribution in [0.5, 0.6) is 0 Å². The van der Waals surface area contributed by atoms with E-state index in [9.17, 15) is 0 Å². The fourth-order valence-electron chi connectivity index (χ4n) is 2.37. The van der Waals surface area contributed by atoms with Gasteiger partial charge in [0, 0.05) is 18.9 Å². The Hall–Kier alpha value is -0.790. The summed E-state index contributed by atoms with van der Waals surface area (Å²) < 4.78 is 2.16. The fraction of sp³-hybridized carbons (Fsp3) is 0.800. The van der Waals surface area contributed by atoms with Gasteiger partial charge in [0.2, 0.25) is 0 Å². The van der Waals surface area contributed by atoms with E-state index in [2.05, 4.69) is 44.2 Å². The van der Waals surface area contributed by atoms with Crippen LogP contribution in [0.25, 0.3) is 0 Å². The maximum absolute atomic E-state index is 4.06. The summed E-state index contributed by atoms with van der Waals surface area (Å²) in [7, 11) is 0. The molecule has 0 spiro atoms. The normalized spacial score (nSPS) is 11.9. The zero-order valence-corrected chi connectivity index (χ0v) is 12.7. The zero-order chi connectivity index (χ0) is 13.5. The summed E-state index contributed by atoms with van der Waals surface area (Å²) in [4.78, 5) is 4.06. The van der Waals surface area contributed by atoms with E-state index < -0.39 is 0 Å². The van der Waals surface area contributed by atoms with Crippen molar-refractivity contribution in [2.45, 2.75) is 67.9 Å². The molecule has 0 radical (unpaired) electrons. The van der Waals surface area contributed by atoms with E-state index in [1.165, 1.54) is 12.8 Å². The highest BCUT2D eigenvalue weighted by atomic mass is 15.0. The Morgan fingerprint density at radius 3 is 2.06 bits per heavy atom.